The highest BCUT2D eigenvalue weighted by Gasteiger charge is 2.28. The molecule has 1 atom stereocenters. The van der Waals surface area contributed by atoms with Gasteiger partial charge in [0.2, 0.25) is 5.91 Å². The minimum Gasteiger partial charge on any atom is -0.497 e. The van der Waals surface area contributed by atoms with Gasteiger partial charge in [-0.15, -0.1) is 0 Å². The van der Waals surface area contributed by atoms with Crippen LogP contribution in [0.4, 0.5) is 11.4 Å². The van der Waals surface area contributed by atoms with Gasteiger partial charge in [0.05, 0.1) is 24.9 Å². The minimum atomic E-state index is -0.242. The van der Waals surface area contributed by atoms with Gasteiger partial charge in [-0.05, 0) is 30.7 Å². The Bertz CT molecular complexity index is 741. The van der Waals surface area contributed by atoms with E-state index < -0.39 is 0 Å². The van der Waals surface area contributed by atoms with Crippen molar-refractivity contribution < 1.29 is 9.53 Å². The molecule has 1 fully saturated rings. The zero-order valence-electron chi connectivity index (χ0n) is 12.8. The first kappa shape index (κ1) is 15.1. The van der Waals surface area contributed by atoms with Gasteiger partial charge in [0.1, 0.15) is 5.75 Å². The van der Waals surface area contributed by atoms with Gasteiger partial charge in [-0.25, -0.2) is 5.10 Å². The van der Waals surface area contributed by atoms with Crippen molar-refractivity contribution in [2.75, 3.05) is 30.4 Å². The Labute approximate surface area is 133 Å². The maximum absolute atomic E-state index is 12.4. The molecule has 1 saturated heterocycles. The Hall–Kier alpha value is -2.83. The van der Waals surface area contributed by atoms with Crippen molar-refractivity contribution in [3.8, 4) is 5.75 Å². The molecule has 3 rings (SSSR count). The monoisotopic (exact) mass is 314 g/mol. The number of amides is 1. The van der Waals surface area contributed by atoms with E-state index in [1.54, 1.807) is 25.4 Å². The number of carbonyl (C=O) groups is 1. The molecule has 2 heterocycles. The fraction of sp³-hybridized carbons (Fsp3) is 0.312. The quantitative estimate of drug-likeness (QED) is 0.886. The first-order chi connectivity index (χ1) is 11.2. The van der Waals surface area contributed by atoms with E-state index in [-0.39, 0.29) is 17.4 Å². The van der Waals surface area contributed by atoms with E-state index in [0.717, 1.165) is 30.1 Å². The summed E-state index contributed by atoms with van der Waals surface area (Å²) in [5.74, 6) is 0.615. The van der Waals surface area contributed by atoms with Crippen molar-refractivity contribution in [1.29, 1.82) is 0 Å². The number of methoxy groups -OCH3 is 1. The third-order valence-electron chi connectivity index (χ3n) is 3.93. The number of hydrogen-bond donors (Lipinski definition) is 2. The first-order valence-corrected chi connectivity index (χ1v) is 7.40. The lowest BCUT2D eigenvalue weighted by molar-refractivity contribution is -0.119. The number of hydrogen-bond acceptors (Lipinski definition) is 5. The molecule has 2 aromatic rings. The average Bonchev–Trinajstić information content (AvgIpc) is 3.06. The highest BCUT2D eigenvalue weighted by atomic mass is 16.5. The Morgan fingerprint density at radius 3 is 2.87 bits per heavy atom. The molecule has 0 saturated carbocycles. The highest BCUT2D eigenvalue weighted by Crippen LogP contribution is 2.23. The molecule has 2 N–H and O–H groups in total. The topological polar surface area (TPSA) is 87.3 Å². The second-order valence-electron chi connectivity index (χ2n) is 5.45. The van der Waals surface area contributed by atoms with Crippen LogP contribution in [0.15, 0.2) is 41.3 Å². The summed E-state index contributed by atoms with van der Waals surface area (Å²) in [4.78, 5) is 25.7. The predicted octanol–water partition coefficient (Wildman–Crippen LogP) is 1.24. The Morgan fingerprint density at radius 1 is 1.39 bits per heavy atom. The number of ether oxygens (including phenoxy) is 1. The van der Waals surface area contributed by atoms with E-state index in [2.05, 4.69) is 15.5 Å². The smallest absolute Gasteiger partial charge is 0.266 e. The Kier molecular flexibility index (Phi) is 4.27. The van der Waals surface area contributed by atoms with E-state index in [1.807, 2.05) is 17.0 Å². The third-order valence-corrected chi connectivity index (χ3v) is 3.93. The van der Waals surface area contributed by atoms with Gasteiger partial charge in [0.15, 0.2) is 0 Å². The molecule has 23 heavy (non-hydrogen) atoms. The molecule has 120 valence electrons. The molecule has 0 spiro atoms. The first-order valence-electron chi connectivity index (χ1n) is 7.40. The molecule has 1 unspecified atom stereocenters. The fourth-order valence-corrected chi connectivity index (χ4v) is 2.67. The fourth-order valence-electron chi connectivity index (χ4n) is 2.67. The van der Waals surface area contributed by atoms with Crippen LogP contribution < -0.4 is 20.5 Å². The summed E-state index contributed by atoms with van der Waals surface area (Å²) in [5, 5.41) is 9.05. The lowest BCUT2D eigenvalue weighted by atomic mass is 10.1. The van der Waals surface area contributed by atoms with Crippen molar-refractivity contribution in [3.05, 3.63) is 46.9 Å². The van der Waals surface area contributed by atoms with Gasteiger partial charge in [0, 0.05) is 24.8 Å². The average molecular weight is 314 g/mol. The summed E-state index contributed by atoms with van der Waals surface area (Å²) in [6, 6.07) is 8.72. The molecule has 1 aromatic heterocycles. The summed E-state index contributed by atoms with van der Waals surface area (Å²) >= 11 is 0. The second-order valence-corrected chi connectivity index (χ2v) is 5.45. The highest BCUT2D eigenvalue weighted by molar-refractivity contribution is 5.93. The van der Waals surface area contributed by atoms with Gasteiger partial charge >= 0.3 is 0 Å². The molecule has 1 aliphatic rings. The van der Waals surface area contributed by atoms with Crippen molar-refractivity contribution in [2.24, 2.45) is 5.92 Å². The van der Waals surface area contributed by atoms with E-state index in [9.17, 15) is 9.59 Å². The zero-order valence-corrected chi connectivity index (χ0v) is 12.8. The molecule has 1 amide bonds. The lowest BCUT2D eigenvalue weighted by Gasteiger charge is -2.17. The molecule has 1 aliphatic heterocycles. The maximum atomic E-state index is 12.4. The number of H-pyrrole nitrogens is 1. The van der Waals surface area contributed by atoms with E-state index in [0.29, 0.717) is 6.54 Å². The van der Waals surface area contributed by atoms with Crippen LogP contribution in [0.5, 0.6) is 5.75 Å². The van der Waals surface area contributed by atoms with Gasteiger partial charge in [0.25, 0.3) is 5.56 Å². The largest absolute Gasteiger partial charge is 0.497 e. The van der Waals surface area contributed by atoms with Crippen molar-refractivity contribution in [3.63, 3.8) is 0 Å². The van der Waals surface area contributed by atoms with Gasteiger partial charge in [-0.1, -0.05) is 0 Å². The number of nitrogens with zero attached hydrogens (tertiary/aromatic N) is 2. The van der Waals surface area contributed by atoms with Gasteiger partial charge in [-0.3, -0.25) is 9.59 Å². The summed E-state index contributed by atoms with van der Waals surface area (Å²) < 4.78 is 5.09. The molecule has 0 aliphatic carbocycles. The minimum absolute atomic E-state index is 0.0181. The third kappa shape index (κ3) is 3.50. The van der Waals surface area contributed by atoms with E-state index in [4.69, 9.17) is 4.74 Å². The van der Waals surface area contributed by atoms with Crippen LogP contribution in [0.3, 0.4) is 0 Å². The van der Waals surface area contributed by atoms with Crippen LogP contribution in [-0.4, -0.2) is 36.3 Å². The summed E-state index contributed by atoms with van der Waals surface area (Å²) in [5.41, 5.74) is 1.24. The number of aromatic amines is 1. The predicted molar refractivity (Wildman–Crippen MR) is 86.8 cm³/mol. The van der Waals surface area contributed by atoms with Crippen molar-refractivity contribution in [2.45, 2.75) is 6.42 Å². The van der Waals surface area contributed by atoms with E-state index in [1.165, 1.54) is 6.07 Å². The maximum Gasteiger partial charge on any atom is 0.266 e. The van der Waals surface area contributed by atoms with Crippen LogP contribution in [0.1, 0.15) is 6.42 Å². The SMILES string of the molecule is COc1ccc(NC(=O)C2CCN(c3cn[nH]c(=O)c3)C2)cc1. The zero-order chi connectivity index (χ0) is 16.2. The molecule has 7 heteroatoms. The lowest BCUT2D eigenvalue weighted by Crippen LogP contribution is -2.27. The normalized spacial score (nSPS) is 17.1. The molecular weight excluding hydrogens is 296 g/mol. The number of benzene rings is 1. The number of carbonyl (C=O) groups excluding carboxylic acids is 1. The Morgan fingerprint density at radius 2 is 2.17 bits per heavy atom. The molecular formula is C16H18N4O3. The second kappa shape index (κ2) is 6.51. The molecule has 1 aromatic carbocycles. The van der Waals surface area contributed by atoms with E-state index >= 15 is 0 Å². The van der Waals surface area contributed by atoms with Gasteiger partial charge < -0.3 is 15.0 Å². The summed E-state index contributed by atoms with van der Waals surface area (Å²) in [6.07, 6.45) is 2.35. The number of rotatable bonds is 4. The molecule has 7 nitrogen and oxygen atoms in total. The van der Waals surface area contributed by atoms with Gasteiger partial charge in [-0.2, -0.15) is 5.10 Å². The summed E-state index contributed by atoms with van der Waals surface area (Å²) in [6.45, 7) is 1.30. The van der Waals surface area contributed by atoms with Crippen LogP contribution in [0, 0.1) is 5.92 Å². The molecule has 0 radical (unpaired) electrons. The number of anilines is 2. The molecule has 0 bridgehead atoms. The number of aromatic nitrogens is 2. The van der Waals surface area contributed by atoms with Crippen molar-refractivity contribution in [1.82, 2.24) is 10.2 Å². The number of nitrogens with one attached hydrogen (secondary N) is 2. The van der Waals surface area contributed by atoms with Crippen molar-refractivity contribution >= 4 is 17.3 Å². The van der Waals surface area contributed by atoms with Crippen LogP contribution in [0.2, 0.25) is 0 Å². The summed E-state index contributed by atoms with van der Waals surface area (Å²) in [7, 11) is 1.60. The standard InChI is InChI=1S/C16H18N4O3/c1-23-14-4-2-12(3-5-14)18-16(22)11-6-7-20(10-11)13-8-15(21)19-17-9-13/h2-5,8-9,11H,6-7,10H2,1H3,(H,18,22)(H,19,21). The van der Waals surface area contributed by atoms with Crippen LogP contribution >= 0.6 is 0 Å². The van der Waals surface area contributed by atoms with Crippen LogP contribution in [0.25, 0.3) is 0 Å². The Balaban J connectivity index is 1.61. The van der Waals surface area contributed by atoms with Crippen LogP contribution in [-0.2, 0) is 4.79 Å².